The summed E-state index contributed by atoms with van der Waals surface area (Å²) in [5.74, 6) is 0.861. The molecule has 0 aliphatic heterocycles. The maximum absolute atomic E-state index is 8.75. The predicted octanol–water partition coefficient (Wildman–Crippen LogP) is 3.08. The van der Waals surface area contributed by atoms with Gasteiger partial charge in [0.15, 0.2) is 0 Å². The van der Waals surface area contributed by atoms with E-state index in [0.29, 0.717) is 0 Å². The second kappa shape index (κ2) is 4.35. The van der Waals surface area contributed by atoms with Crippen molar-refractivity contribution in [2.45, 2.75) is 26.2 Å². The quantitative estimate of drug-likeness (QED) is 0.813. The van der Waals surface area contributed by atoms with E-state index in [1.54, 1.807) is 0 Å². The largest absolute Gasteiger partial charge is 0.385 e. The summed E-state index contributed by atoms with van der Waals surface area (Å²) in [5.41, 5.74) is 3.07. The lowest BCUT2D eigenvalue weighted by atomic mass is 9.85. The van der Waals surface area contributed by atoms with Crippen molar-refractivity contribution in [2.75, 3.05) is 11.9 Å². The van der Waals surface area contributed by atoms with Crippen molar-refractivity contribution < 1.29 is 0 Å². The number of hydrogen-bond acceptors (Lipinski definition) is 2. The molecule has 1 N–H and O–H groups in total. The van der Waals surface area contributed by atoms with E-state index in [2.05, 4.69) is 11.4 Å². The molecule has 1 aliphatic carbocycles. The molecule has 0 saturated heterocycles. The molecule has 0 heterocycles. The van der Waals surface area contributed by atoms with Crippen molar-refractivity contribution in [2.24, 2.45) is 5.92 Å². The molecule has 1 fully saturated rings. The number of rotatable bonds is 3. The number of benzene rings is 1. The van der Waals surface area contributed by atoms with Crippen LogP contribution in [0.1, 0.15) is 30.4 Å². The smallest absolute Gasteiger partial charge is 0.0991 e. The highest BCUT2D eigenvalue weighted by Gasteiger charge is 2.16. The molecule has 78 valence electrons. The molecule has 0 spiro atoms. The number of anilines is 1. The summed E-state index contributed by atoms with van der Waals surface area (Å²) in [5, 5.41) is 12.2. The molecule has 0 atom stereocenters. The van der Waals surface area contributed by atoms with E-state index in [9.17, 15) is 0 Å². The third kappa shape index (κ3) is 2.30. The van der Waals surface area contributed by atoms with Gasteiger partial charge < -0.3 is 5.32 Å². The van der Waals surface area contributed by atoms with Crippen molar-refractivity contribution in [1.29, 1.82) is 5.26 Å². The van der Waals surface area contributed by atoms with Crippen molar-refractivity contribution in [3.8, 4) is 6.07 Å². The van der Waals surface area contributed by atoms with Gasteiger partial charge in [0.2, 0.25) is 0 Å². The zero-order valence-corrected chi connectivity index (χ0v) is 9.09. The van der Waals surface area contributed by atoms with E-state index in [0.717, 1.165) is 23.6 Å². The Bertz CT molecular complexity index is 386. The Hall–Kier alpha value is -1.49. The minimum absolute atomic E-state index is 0.738. The van der Waals surface area contributed by atoms with E-state index in [1.165, 1.54) is 24.9 Å². The van der Waals surface area contributed by atoms with Gasteiger partial charge in [-0.05, 0) is 49.4 Å². The first-order valence-corrected chi connectivity index (χ1v) is 5.54. The Morgan fingerprint density at radius 1 is 1.47 bits per heavy atom. The molecular formula is C13H16N2. The standard InChI is InChI=1S/C13H16N2/c1-10-7-12(8-14)5-6-13(10)15-9-11-3-2-4-11/h5-7,11,15H,2-4,9H2,1H3. The van der Waals surface area contributed by atoms with Crippen LogP contribution in [-0.2, 0) is 0 Å². The van der Waals surface area contributed by atoms with Gasteiger partial charge in [-0.25, -0.2) is 0 Å². The molecule has 1 saturated carbocycles. The first kappa shape index (κ1) is 10.0. The van der Waals surface area contributed by atoms with Gasteiger partial charge in [0.05, 0.1) is 11.6 Å². The highest BCUT2D eigenvalue weighted by Crippen LogP contribution is 2.27. The van der Waals surface area contributed by atoms with Crippen molar-refractivity contribution in [3.05, 3.63) is 29.3 Å². The van der Waals surface area contributed by atoms with Crippen LogP contribution >= 0.6 is 0 Å². The number of hydrogen-bond donors (Lipinski definition) is 1. The number of nitrogens with one attached hydrogen (secondary N) is 1. The van der Waals surface area contributed by atoms with Crippen molar-refractivity contribution >= 4 is 5.69 Å². The zero-order valence-electron chi connectivity index (χ0n) is 9.09. The van der Waals surface area contributed by atoms with Crippen LogP contribution in [0, 0.1) is 24.2 Å². The molecule has 2 rings (SSSR count). The van der Waals surface area contributed by atoms with Crippen LogP contribution in [0.15, 0.2) is 18.2 Å². The highest BCUT2D eigenvalue weighted by atomic mass is 14.9. The summed E-state index contributed by atoms with van der Waals surface area (Å²) in [6.45, 7) is 3.12. The third-order valence-corrected chi connectivity index (χ3v) is 3.16. The molecule has 0 bridgehead atoms. The fourth-order valence-electron chi connectivity index (χ4n) is 1.88. The fraction of sp³-hybridized carbons (Fsp3) is 0.462. The van der Waals surface area contributed by atoms with Crippen LogP contribution in [0.25, 0.3) is 0 Å². The lowest BCUT2D eigenvalue weighted by molar-refractivity contribution is 0.333. The van der Waals surface area contributed by atoms with Crippen LogP contribution in [0.4, 0.5) is 5.69 Å². The minimum atomic E-state index is 0.738. The molecule has 0 unspecified atom stereocenters. The normalized spacial score (nSPS) is 15.5. The maximum Gasteiger partial charge on any atom is 0.0991 e. The van der Waals surface area contributed by atoms with Gasteiger partial charge in [-0.1, -0.05) is 6.42 Å². The summed E-state index contributed by atoms with van der Waals surface area (Å²) >= 11 is 0. The molecular weight excluding hydrogens is 184 g/mol. The van der Waals surface area contributed by atoms with Gasteiger partial charge in [-0.2, -0.15) is 5.26 Å². The lowest BCUT2D eigenvalue weighted by Crippen LogP contribution is -2.21. The molecule has 0 radical (unpaired) electrons. The Kier molecular flexibility index (Phi) is 2.91. The first-order chi connectivity index (χ1) is 7.29. The molecule has 1 aromatic carbocycles. The Morgan fingerprint density at radius 2 is 2.27 bits per heavy atom. The maximum atomic E-state index is 8.75. The van der Waals surface area contributed by atoms with Crippen LogP contribution in [0.2, 0.25) is 0 Å². The summed E-state index contributed by atoms with van der Waals surface area (Å²) < 4.78 is 0. The molecule has 1 aliphatic rings. The zero-order chi connectivity index (χ0) is 10.7. The lowest BCUT2D eigenvalue weighted by Gasteiger charge is -2.26. The molecule has 15 heavy (non-hydrogen) atoms. The van der Waals surface area contributed by atoms with Gasteiger partial charge in [-0.3, -0.25) is 0 Å². The monoisotopic (exact) mass is 200 g/mol. The third-order valence-electron chi connectivity index (χ3n) is 3.16. The van der Waals surface area contributed by atoms with Gasteiger partial charge in [0, 0.05) is 12.2 Å². The fourth-order valence-corrected chi connectivity index (χ4v) is 1.88. The number of nitrogens with zero attached hydrogens (tertiary/aromatic N) is 1. The van der Waals surface area contributed by atoms with Crippen LogP contribution in [0.3, 0.4) is 0 Å². The van der Waals surface area contributed by atoms with Crippen molar-refractivity contribution in [1.82, 2.24) is 0 Å². The highest BCUT2D eigenvalue weighted by molar-refractivity contribution is 5.54. The van der Waals surface area contributed by atoms with Crippen molar-refractivity contribution in [3.63, 3.8) is 0 Å². The molecule has 0 amide bonds. The number of aryl methyl sites for hydroxylation is 1. The summed E-state index contributed by atoms with van der Waals surface area (Å²) in [6.07, 6.45) is 4.11. The topological polar surface area (TPSA) is 35.8 Å². The van der Waals surface area contributed by atoms with Gasteiger partial charge >= 0.3 is 0 Å². The van der Waals surface area contributed by atoms with Gasteiger partial charge in [-0.15, -0.1) is 0 Å². The Morgan fingerprint density at radius 3 is 2.80 bits per heavy atom. The van der Waals surface area contributed by atoms with Crippen LogP contribution < -0.4 is 5.32 Å². The van der Waals surface area contributed by atoms with Gasteiger partial charge in [0.25, 0.3) is 0 Å². The average molecular weight is 200 g/mol. The van der Waals surface area contributed by atoms with E-state index in [1.807, 2.05) is 25.1 Å². The first-order valence-electron chi connectivity index (χ1n) is 5.54. The van der Waals surface area contributed by atoms with Crippen LogP contribution in [-0.4, -0.2) is 6.54 Å². The van der Waals surface area contributed by atoms with E-state index in [4.69, 9.17) is 5.26 Å². The summed E-state index contributed by atoms with van der Waals surface area (Å²) in [7, 11) is 0. The molecule has 2 heteroatoms. The number of nitriles is 1. The summed E-state index contributed by atoms with van der Waals surface area (Å²) in [4.78, 5) is 0. The minimum Gasteiger partial charge on any atom is -0.385 e. The van der Waals surface area contributed by atoms with E-state index < -0.39 is 0 Å². The van der Waals surface area contributed by atoms with Gasteiger partial charge in [0.1, 0.15) is 0 Å². The second-order valence-electron chi connectivity index (χ2n) is 4.32. The van der Waals surface area contributed by atoms with Crippen LogP contribution in [0.5, 0.6) is 0 Å². The Balaban J connectivity index is 1.98. The van der Waals surface area contributed by atoms with E-state index >= 15 is 0 Å². The molecule has 2 nitrogen and oxygen atoms in total. The van der Waals surface area contributed by atoms with E-state index in [-0.39, 0.29) is 0 Å². The Labute approximate surface area is 90.9 Å². The predicted molar refractivity (Wildman–Crippen MR) is 61.7 cm³/mol. The SMILES string of the molecule is Cc1cc(C#N)ccc1NCC1CCC1. The average Bonchev–Trinajstić information content (AvgIpc) is 2.18. The molecule has 0 aromatic heterocycles. The summed E-state index contributed by atoms with van der Waals surface area (Å²) in [6, 6.07) is 7.97. The molecule has 1 aromatic rings. The second-order valence-corrected chi connectivity index (χ2v) is 4.32.